The fourth-order valence-corrected chi connectivity index (χ4v) is 3.51. The van der Waals surface area contributed by atoms with Crippen molar-refractivity contribution in [3.8, 4) is 0 Å². The second kappa shape index (κ2) is 9.07. The number of nitrogens with zero attached hydrogens (tertiary/aromatic N) is 2. The van der Waals surface area contributed by atoms with E-state index in [0.717, 1.165) is 21.9 Å². The first-order chi connectivity index (χ1) is 16.6. The van der Waals surface area contributed by atoms with Crippen molar-refractivity contribution in [1.82, 2.24) is 5.43 Å². The van der Waals surface area contributed by atoms with E-state index in [1.807, 2.05) is 73.7 Å². The molecule has 5 aromatic rings. The lowest BCUT2D eigenvalue weighted by Crippen LogP contribution is -2.19. The van der Waals surface area contributed by atoms with E-state index in [2.05, 4.69) is 21.1 Å². The van der Waals surface area contributed by atoms with Crippen molar-refractivity contribution in [2.45, 2.75) is 13.8 Å². The zero-order valence-corrected chi connectivity index (χ0v) is 18.7. The molecule has 3 aromatic carbocycles. The van der Waals surface area contributed by atoms with Gasteiger partial charge in [0.15, 0.2) is 11.5 Å². The molecule has 2 aromatic heterocycles. The summed E-state index contributed by atoms with van der Waals surface area (Å²) in [5.74, 6) is 0.947. The van der Waals surface area contributed by atoms with Crippen LogP contribution in [-0.4, -0.2) is 17.3 Å². The number of hydrogen-bond donors (Lipinski definition) is 2. The lowest BCUT2D eigenvalue weighted by Gasteiger charge is -2.05. The molecule has 0 radical (unpaired) electrons. The third-order valence-electron chi connectivity index (χ3n) is 5.37. The SMILES string of the molecule is C/C(=N\NC(=O)c1cccc(N/N=C(\C)c2cc3ccccc3o2)c1)c1cc2ccccc2o1. The Morgan fingerprint density at radius 1 is 0.706 bits per heavy atom. The Bertz CT molecular complexity index is 1490. The average Bonchev–Trinajstić information content (AvgIpc) is 3.50. The predicted octanol–water partition coefficient (Wildman–Crippen LogP) is 6.17. The number of carbonyl (C=O) groups is 1. The molecule has 0 saturated heterocycles. The summed E-state index contributed by atoms with van der Waals surface area (Å²) in [5.41, 5.74) is 9.53. The van der Waals surface area contributed by atoms with Crippen molar-refractivity contribution < 1.29 is 13.6 Å². The number of carbonyl (C=O) groups excluding carboxylic acids is 1. The van der Waals surface area contributed by atoms with Gasteiger partial charge in [-0.25, -0.2) is 5.43 Å². The summed E-state index contributed by atoms with van der Waals surface area (Å²) in [6.45, 7) is 3.64. The van der Waals surface area contributed by atoms with E-state index in [9.17, 15) is 4.79 Å². The maximum atomic E-state index is 12.6. The predicted molar refractivity (Wildman–Crippen MR) is 134 cm³/mol. The quantitative estimate of drug-likeness (QED) is 0.239. The van der Waals surface area contributed by atoms with Crippen LogP contribution in [0.5, 0.6) is 0 Å². The Kier molecular flexibility index (Phi) is 5.66. The standard InChI is InChI=1S/C27H22N4O3/c1-17(25-15-19-8-3-5-12-23(19)33-25)28-30-22-11-7-10-21(14-22)27(32)31-29-18(2)26-16-20-9-4-6-13-24(20)34-26/h3-16,30H,1-2H3,(H,31,32)/b28-17+,29-18+. The van der Waals surface area contributed by atoms with Gasteiger partial charge in [0.05, 0.1) is 5.69 Å². The minimum Gasteiger partial charge on any atom is -0.455 e. The summed E-state index contributed by atoms with van der Waals surface area (Å²) in [7, 11) is 0. The van der Waals surface area contributed by atoms with Gasteiger partial charge in [0.25, 0.3) is 5.91 Å². The number of furan rings is 2. The van der Waals surface area contributed by atoms with Gasteiger partial charge in [-0.3, -0.25) is 10.2 Å². The highest BCUT2D eigenvalue weighted by Crippen LogP contribution is 2.20. The van der Waals surface area contributed by atoms with Gasteiger partial charge >= 0.3 is 0 Å². The second-order valence-corrected chi connectivity index (χ2v) is 7.82. The molecule has 0 bridgehead atoms. The zero-order valence-electron chi connectivity index (χ0n) is 18.7. The van der Waals surface area contributed by atoms with Crippen molar-refractivity contribution >= 4 is 45.0 Å². The molecule has 2 N–H and O–H groups in total. The van der Waals surface area contributed by atoms with Crippen LogP contribution in [0.15, 0.2) is 104 Å². The molecular weight excluding hydrogens is 428 g/mol. The van der Waals surface area contributed by atoms with Crippen molar-refractivity contribution in [3.63, 3.8) is 0 Å². The number of para-hydroxylation sites is 2. The number of benzene rings is 3. The third-order valence-corrected chi connectivity index (χ3v) is 5.37. The molecule has 0 aliphatic rings. The molecule has 0 spiro atoms. The van der Waals surface area contributed by atoms with E-state index < -0.39 is 0 Å². The maximum Gasteiger partial charge on any atom is 0.271 e. The first-order valence-corrected chi connectivity index (χ1v) is 10.8. The Morgan fingerprint density at radius 3 is 1.91 bits per heavy atom. The van der Waals surface area contributed by atoms with Crippen molar-refractivity contribution in [3.05, 3.63) is 102 Å². The number of hydrogen-bond acceptors (Lipinski definition) is 6. The van der Waals surface area contributed by atoms with E-state index in [4.69, 9.17) is 8.83 Å². The zero-order chi connectivity index (χ0) is 23.5. The fourth-order valence-electron chi connectivity index (χ4n) is 3.51. The number of amides is 1. The lowest BCUT2D eigenvalue weighted by molar-refractivity contribution is 0.0955. The van der Waals surface area contributed by atoms with Crippen molar-refractivity contribution in [2.75, 3.05) is 5.43 Å². The van der Waals surface area contributed by atoms with E-state index in [-0.39, 0.29) is 5.91 Å². The molecule has 34 heavy (non-hydrogen) atoms. The maximum absolute atomic E-state index is 12.6. The molecular formula is C27H22N4O3. The lowest BCUT2D eigenvalue weighted by atomic mass is 10.2. The Balaban J connectivity index is 1.26. The molecule has 0 atom stereocenters. The molecule has 1 amide bonds. The number of fused-ring (bicyclic) bond motifs is 2. The fraction of sp³-hybridized carbons (Fsp3) is 0.0741. The molecule has 0 saturated carbocycles. The van der Waals surface area contributed by atoms with Crippen LogP contribution in [0.2, 0.25) is 0 Å². The number of rotatable bonds is 6. The second-order valence-electron chi connectivity index (χ2n) is 7.82. The van der Waals surface area contributed by atoms with Gasteiger partial charge in [-0.05, 0) is 56.3 Å². The average molecular weight is 450 g/mol. The Hall–Kier alpha value is -4.65. The van der Waals surface area contributed by atoms with Gasteiger partial charge in [0.1, 0.15) is 22.6 Å². The highest BCUT2D eigenvalue weighted by Gasteiger charge is 2.10. The van der Waals surface area contributed by atoms with E-state index in [1.165, 1.54) is 0 Å². The molecule has 0 aliphatic heterocycles. The van der Waals surface area contributed by atoms with Crippen molar-refractivity contribution in [2.24, 2.45) is 10.2 Å². The Labute approximate surface area is 195 Å². The summed E-state index contributed by atoms with van der Waals surface area (Å²) < 4.78 is 11.6. The third kappa shape index (κ3) is 4.45. The van der Waals surface area contributed by atoms with E-state index in [1.54, 1.807) is 25.1 Å². The van der Waals surface area contributed by atoms with Crippen molar-refractivity contribution in [1.29, 1.82) is 0 Å². The van der Waals surface area contributed by atoms with Gasteiger partial charge in [0.2, 0.25) is 0 Å². The summed E-state index contributed by atoms with van der Waals surface area (Å²) in [5, 5.41) is 10.6. The minimum absolute atomic E-state index is 0.336. The molecule has 7 heteroatoms. The molecule has 0 unspecified atom stereocenters. The van der Waals surface area contributed by atoms with Gasteiger partial charge in [0, 0.05) is 16.3 Å². The van der Waals surface area contributed by atoms with Crippen LogP contribution in [0, 0.1) is 0 Å². The molecule has 2 heterocycles. The van der Waals surface area contributed by atoms with Gasteiger partial charge in [-0.15, -0.1) is 0 Å². The number of anilines is 1. The van der Waals surface area contributed by atoms with Gasteiger partial charge in [-0.1, -0.05) is 42.5 Å². The minimum atomic E-state index is -0.336. The number of nitrogens with one attached hydrogen (secondary N) is 2. The molecule has 0 aliphatic carbocycles. The van der Waals surface area contributed by atoms with Crippen LogP contribution in [-0.2, 0) is 0 Å². The monoisotopic (exact) mass is 450 g/mol. The summed E-state index contributed by atoms with van der Waals surface area (Å²) in [6.07, 6.45) is 0. The van der Waals surface area contributed by atoms with E-state index >= 15 is 0 Å². The smallest absolute Gasteiger partial charge is 0.271 e. The van der Waals surface area contributed by atoms with Crippen LogP contribution < -0.4 is 10.9 Å². The molecule has 0 fully saturated rings. The molecule has 5 rings (SSSR count). The molecule has 168 valence electrons. The van der Waals surface area contributed by atoms with Crippen LogP contribution >= 0.6 is 0 Å². The van der Waals surface area contributed by atoms with E-state index in [0.29, 0.717) is 34.2 Å². The highest BCUT2D eigenvalue weighted by atomic mass is 16.3. The summed E-state index contributed by atoms with van der Waals surface area (Å²) >= 11 is 0. The van der Waals surface area contributed by atoms with Gasteiger partial charge < -0.3 is 8.83 Å². The summed E-state index contributed by atoms with van der Waals surface area (Å²) in [6, 6.07) is 26.4. The van der Waals surface area contributed by atoms with Crippen LogP contribution in [0.1, 0.15) is 35.7 Å². The van der Waals surface area contributed by atoms with Gasteiger partial charge in [-0.2, -0.15) is 10.2 Å². The topological polar surface area (TPSA) is 92.1 Å². The summed E-state index contributed by atoms with van der Waals surface area (Å²) in [4.78, 5) is 12.6. The highest BCUT2D eigenvalue weighted by molar-refractivity contribution is 6.02. The van der Waals surface area contributed by atoms with Crippen LogP contribution in [0.4, 0.5) is 5.69 Å². The first kappa shape index (κ1) is 21.2. The molecule has 7 nitrogen and oxygen atoms in total. The number of hydrazone groups is 2. The Morgan fingerprint density at radius 2 is 1.29 bits per heavy atom. The van der Waals surface area contributed by atoms with Crippen LogP contribution in [0.3, 0.4) is 0 Å². The first-order valence-electron chi connectivity index (χ1n) is 10.8. The van der Waals surface area contributed by atoms with Crippen LogP contribution in [0.25, 0.3) is 21.9 Å². The normalized spacial score (nSPS) is 12.3. The largest absolute Gasteiger partial charge is 0.455 e.